The van der Waals surface area contributed by atoms with Crippen LogP contribution in [0.5, 0.6) is 0 Å². The monoisotopic (exact) mass is 379 g/mol. The number of alkyl halides is 3. The van der Waals surface area contributed by atoms with E-state index in [1.807, 2.05) is 38.3 Å². The van der Waals surface area contributed by atoms with Gasteiger partial charge in [0.05, 0.1) is 17.2 Å². The van der Waals surface area contributed by atoms with Crippen LogP contribution < -0.4 is 5.32 Å². The third kappa shape index (κ3) is 5.36. The van der Waals surface area contributed by atoms with Gasteiger partial charge in [-0.15, -0.1) is 11.8 Å². The number of rotatable bonds is 4. The summed E-state index contributed by atoms with van der Waals surface area (Å²) in [5.41, 5.74) is 3.88. The second kappa shape index (κ2) is 8.89. The number of nitrogens with zero attached hydrogens (tertiary/aromatic N) is 2. The van der Waals surface area contributed by atoms with Crippen LogP contribution in [-0.4, -0.2) is 28.9 Å². The van der Waals surface area contributed by atoms with Crippen molar-refractivity contribution in [2.75, 3.05) is 18.1 Å². The Hall–Kier alpha value is -2.28. The van der Waals surface area contributed by atoms with E-state index >= 15 is 0 Å². The largest absolute Gasteiger partial charge is 0.405 e. The summed E-state index contributed by atoms with van der Waals surface area (Å²) in [6, 6.07) is 12.6. The molecule has 1 aromatic heterocycles. The lowest BCUT2D eigenvalue weighted by atomic mass is 10.0. The van der Waals surface area contributed by atoms with Crippen LogP contribution in [0, 0.1) is 0 Å². The maximum absolute atomic E-state index is 12.2. The quantitative estimate of drug-likeness (QED) is 0.563. The molecule has 2 aromatic carbocycles. The maximum Gasteiger partial charge on any atom is 0.405 e. The molecule has 0 saturated heterocycles. The van der Waals surface area contributed by atoms with Crippen LogP contribution in [0.3, 0.4) is 0 Å². The zero-order chi connectivity index (χ0) is 19.2. The van der Waals surface area contributed by atoms with Gasteiger partial charge in [0.25, 0.3) is 0 Å². The Morgan fingerprint density at radius 3 is 2.23 bits per heavy atom. The van der Waals surface area contributed by atoms with Crippen molar-refractivity contribution >= 4 is 28.5 Å². The zero-order valence-corrected chi connectivity index (χ0v) is 15.6. The number of hydrogen-bond donors (Lipinski definition) is 1. The molecule has 3 rings (SSSR count). The molecule has 1 heterocycles. The van der Waals surface area contributed by atoms with E-state index in [0.717, 1.165) is 27.2 Å². The molecular formula is C19H20F3N3S. The van der Waals surface area contributed by atoms with Gasteiger partial charge in [-0.2, -0.15) is 13.2 Å². The molecule has 0 bridgehead atoms. The van der Waals surface area contributed by atoms with E-state index in [4.69, 9.17) is 0 Å². The fraction of sp³-hybridized carbons (Fsp3) is 0.263. The fourth-order valence-electron chi connectivity index (χ4n) is 2.25. The molecule has 0 unspecified atom stereocenters. The molecule has 0 atom stereocenters. The second-order valence-corrected chi connectivity index (χ2v) is 5.99. The first-order valence-electron chi connectivity index (χ1n) is 8.16. The highest BCUT2D eigenvalue weighted by Gasteiger charge is 2.26. The normalized spacial score (nSPS) is 11.0. The van der Waals surface area contributed by atoms with Crippen molar-refractivity contribution in [2.24, 2.45) is 0 Å². The second-order valence-electron chi connectivity index (χ2n) is 5.16. The molecule has 3 aromatic rings. The van der Waals surface area contributed by atoms with Crippen molar-refractivity contribution in [3.05, 3.63) is 48.7 Å². The standard InChI is InChI=1S/C17H14F3N3S.C2H6/c1-24-16-9-21-15-8-12(4-7-14(15)23-16)11-2-5-13(6-3-11)22-10-17(18,19)20;1-2/h2-9,22H,10H2,1H3;1-2H3. The SMILES string of the molecule is CC.CSc1cnc2cc(-c3ccc(NCC(F)(F)F)cc3)ccc2n1. The van der Waals surface area contributed by atoms with Gasteiger partial charge >= 0.3 is 6.18 Å². The van der Waals surface area contributed by atoms with Crippen LogP contribution in [0.1, 0.15) is 13.8 Å². The highest BCUT2D eigenvalue weighted by molar-refractivity contribution is 7.98. The fourth-order valence-corrected chi connectivity index (χ4v) is 2.60. The highest BCUT2D eigenvalue weighted by atomic mass is 32.2. The summed E-state index contributed by atoms with van der Waals surface area (Å²) in [4.78, 5) is 8.87. The summed E-state index contributed by atoms with van der Waals surface area (Å²) in [7, 11) is 0. The smallest absolute Gasteiger partial charge is 0.376 e. The Labute approximate surface area is 155 Å². The third-order valence-corrected chi connectivity index (χ3v) is 4.06. The van der Waals surface area contributed by atoms with Gasteiger partial charge < -0.3 is 5.32 Å². The molecule has 1 N–H and O–H groups in total. The molecule has 0 fully saturated rings. The first-order chi connectivity index (χ1) is 12.4. The van der Waals surface area contributed by atoms with Gasteiger partial charge in [-0.05, 0) is 41.6 Å². The highest BCUT2D eigenvalue weighted by Crippen LogP contribution is 2.25. The molecule has 138 valence electrons. The molecule has 0 amide bonds. The molecule has 0 aliphatic carbocycles. The Morgan fingerprint density at radius 1 is 0.962 bits per heavy atom. The number of nitrogens with one attached hydrogen (secondary N) is 1. The summed E-state index contributed by atoms with van der Waals surface area (Å²) in [5, 5.41) is 3.21. The minimum atomic E-state index is -4.23. The van der Waals surface area contributed by atoms with Gasteiger partial charge in [0.2, 0.25) is 0 Å². The molecule has 3 nitrogen and oxygen atoms in total. The molecule has 0 saturated carbocycles. The predicted octanol–water partition coefficient (Wildman–Crippen LogP) is 6.02. The van der Waals surface area contributed by atoms with Crippen LogP contribution in [0.4, 0.5) is 18.9 Å². The summed E-state index contributed by atoms with van der Waals surface area (Å²) in [5.74, 6) is 0. The first kappa shape index (κ1) is 20.0. The van der Waals surface area contributed by atoms with E-state index in [1.165, 1.54) is 11.8 Å². The van der Waals surface area contributed by atoms with Gasteiger partial charge in [0.15, 0.2) is 0 Å². The summed E-state index contributed by atoms with van der Waals surface area (Å²) in [6.45, 7) is 2.95. The molecule has 0 aliphatic rings. The molecular weight excluding hydrogens is 359 g/mol. The number of hydrogen-bond acceptors (Lipinski definition) is 4. The lowest BCUT2D eigenvalue weighted by Gasteiger charge is -2.10. The third-order valence-electron chi connectivity index (χ3n) is 3.44. The van der Waals surface area contributed by atoms with Crippen molar-refractivity contribution in [3.63, 3.8) is 0 Å². The van der Waals surface area contributed by atoms with Crippen LogP contribution >= 0.6 is 11.8 Å². The minimum absolute atomic E-state index is 0.432. The topological polar surface area (TPSA) is 37.8 Å². The zero-order valence-electron chi connectivity index (χ0n) is 14.8. The number of aromatic nitrogens is 2. The molecule has 7 heteroatoms. The van der Waals surface area contributed by atoms with Gasteiger partial charge in [0, 0.05) is 5.69 Å². The predicted molar refractivity (Wildman–Crippen MR) is 103 cm³/mol. The van der Waals surface area contributed by atoms with Crippen LogP contribution in [0.25, 0.3) is 22.2 Å². The molecule has 0 spiro atoms. The minimum Gasteiger partial charge on any atom is -0.376 e. The number of benzene rings is 2. The van der Waals surface area contributed by atoms with Crippen LogP contribution in [0.2, 0.25) is 0 Å². The van der Waals surface area contributed by atoms with Gasteiger partial charge in [-0.3, -0.25) is 4.98 Å². The van der Waals surface area contributed by atoms with Gasteiger partial charge in [-0.1, -0.05) is 32.0 Å². The van der Waals surface area contributed by atoms with Crippen molar-refractivity contribution in [1.29, 1.82) is 0 Å². The maximum atomic E-state index is 12.2. The summed E-state index contributed by atoms with van der Waals surface area (Å²) in [6.07, 6.45) is -0.565. The number of halogens is 3. The van der Waals surface area contributed by atoms with Crippen LogP contribution in [-0.2, 0) is 0 Å². The van der Waals surface area contributed by atoms with E-state index in [2.05, 4.69) is 15.3 Å². The van der Waals surface area contributed by atoms with E-state index < -0.39 is 12.7 Å². The number of thioether (sulfide) groups is 1. The molecule has 26 heavy (non-hydrogen) atoms. The van der Waals surface area contributed by atoms with Crippen molar-refractivity contribution in [1.82, 2.24) is 9.97 Å². The Kier molecular flexibility index (Phi) is 6.85. The molecule has 0 radical (unpaired) electrons. The lowest BCUT2D eigenvalue weighted by molar-refractivity contribution is -0.115. The lowest BCUT2D eigenvalue weighted by Crippen LogP contribution is -2.21. The summed E-state index contributed by atoms with van der Waals surface area (Å²) < 4.78 is 36.6. The van der Waals surface area contributed by atoms with E-state index in [-0.39, 0.29) is 0 Å². The van der Waals surface area contributed by atoms with Gasteiger partial charge in [-0.25, -0.2) is 4.98 Å². The Bertz CT molecular complexity index is 849. The van der Waals surface area contributed by atoms with Crippen molar-refractivity contribution < 1.29 is 13.2 Å². The molecule has 0 aliphatic heterocycles. The van der Waals surface area contributed by atoms with Crippen LogP contribution in [0.15, 0.2) is 53.7 Å². The number of fused-ring (bicyclic) bond motifs is 1. The average Bonchev–Trinajstić information content (AvgIpc) is 2.67. The van der Waals surface area contributed by atoms with E-state index in [1.54, 1.807) is 30.5 Å². The first-order valence-corrected chi connectivity index (χ1v) is 9.39. The van der Waals surface area contributed by atoms with Crippen molar-refractivity contribution in [3.8, 4) is 11.1 Å². The van der Waals surface area contributed by atoms with Gasteiger partial charge in [0.1, 0.15) is 11.6 Å². The average molecular weight is 379 g/mol. The summed E-state index contributed by atoms with van der Waals surface area (Å²) >= 11 is 1.53. The Morgan fingerprint density at radius 2 is 1.62 bits per heavy atom. The Balaban J connectivity index is 0.00000117. The van der Waals surface area contributed by atoms with E-state index in [0.29, 0.717) is 5.69 Å². The van der Waals surface area contributed by atoms with E-state index in [9.17, 15) is 13.2 Å². The van der Waals surface area contributed by atoms with Crippen molar-refractivity contribution in [2.45, 2.75) is 25.0 Å². The number of anilines is 1.